The molecule has 0 bridgehead atoms. The third kappa shape index (κ3) is 3.87. The zero-order chi connectivity index (χ0) is 16.5. The maximum atomic E-state index is 12.4. The van der Waals surface area contributed by atoms with E-state index in [4.69, 9.17) is 5.73 Å². The highest BCUT2D eigenvalue weighted by atomic mass is 16.1. The van der Waals surface area contributed by atoms with Crippen LogP contribution >= 0.6 is 0 Å². The van der Waals surface area contributed by atoms with E-state index in [-0.39, 0.29) is 11.3 Å². The number of rotatable bonds is 3. The fourth-order valence-electron chi connectivity index (χ4n) is 2.34. The van der Waals surface area contributed by atoms with Crippen molar-refractivity contribution in [1.82, 2.24) is 9.78 Å². The van der Waals surface area contributed by atoms with Gasteiger partial charge < -0.3 is 11.1 Å². The highest BCUT2D eigenvalue weighted by molar-refractivity contribution is 6.05. The molecule has 118 valence electrons. The molecule has 0 unspecified atom stereocenters. The molecule has 2 rings (SSSR count). The average molecular weight is 300 g/mol. The Balaban J connectivity index is 2.20. The standard InChI is InChI=1S/C17H24N4O/c1-11-6-7-12(18)8-14(11)16(22)19-15-9-13(20-21(15)5)10-17(2,3)4/h6-9H,10,18H2,1-5H3,(H,19,22). The highest BCUT2D eigenvalue weighted by Gasteiger charge is 2.17. The van der Waals surface area contributed by atoms with E-state index in [1.165, 1.54) is 0 Å². The number of hydrogen-bond acceptors (Lipinski definition) is 3. The molecule has 0 aliphatic carbocycles. The van der Waals surface area contributed by atoms with Crippen molar-refractivity contribution in [2.45, 2.75) is 34.1 Å². The van der Waals surface area contributed by atoms with Crippen LogP contribution in [0.5, 0.6) is 0 Å². The van der Waals surface area contributed by atoms with Gasteiger partial charge in [-0.05, 0) is 36.5 Å². The highest BCUT2D eigenvalue weighted by Crippen LogP contribution is 2.22. The normalized spacial score (nSPS) is 11.5. The fraction of sp³-hybridized carbons (Fsp3) is 0.412. The Morgan fingerprint density at radius 2 is 2.00 bits per heavy atom. The van der Waals surface area contributed by atoms with Crippen LogP contribution in [0.3, 0.4) is 0 Å². The summed E-state index contributed by atoms with van der Waals surface area (Å²) >= 11 is 0. The Bertz CT molecular complexity index is 695. The Labute approximate surface area is 131 Å². The van der Waals surface area contributed by atoms with Gasteiger partial charge in [0.15, 0.2) is 0 Å². The number of carbonyl (C=O) groups excluding carboxylic acids is 1. The van der Waals surface area contributed by atoms with E-state index in [1.807, 2.05) is 26.1 Å². The fourth-order valence-corrected chi connectivity index (χ4v) is 2.34. The Kier molecular flexibility index (Phi) is 4.26. The number of hydrogen-bond donors (Lipinski definition) is 2. The van der Waals surface area contributed by atoms with Gasteiger partial charge in [-0.15, -0.1) is 0 Å². The van der Waals surface area contributed by atoms with E-state index in [9.17, 15) is 4.79 Å². The Morgan fingerprint density at radius 3 is 2.64 bits per heavy atom. The van der Waals surface area contributed by atoms with Crippen LogP contribution in [0, 0.1) is 12.3 Å². The molecule has 1 heterocycles. The molecule has 0 saturated heterocycles. The summed E-state index contributed by atoms with van der Waals surface area (Å²) in [7, 11) is 1.83. The lowest BCUT2D eigenvalue weighted by atomic mass is 9.91. The number of aryl methyl sites for hydroxylation is 2. The summed E-state index contributed by atoms with van der Waals surface area (Å²) in [5.74, 6) is 0.515. The number of nitrogens with two attached hydrogens (primary N) is 1. The maximum absolute atomic E-state index is 12.4. The second-order valence-corrected chi connectivity index (χ2v) is 6.91. The first-order valence-corrected chi connectivity index (χ1v) is 7.36. The number of amides is 1. The summed E-state index contributed by atoms with van der Waals surface area (Å²) in [6.45, 7) is 8.38. The average Bonchev–Trinajstić information content (AvgIpc) is 2.70. The zero-order valence-electron chi connectivity index (χ0n) is 13.9. The number of nitrogen functional groups attached to an aromatic ring is 1. The number of nitrogens with one attached hydrogen (secondary N) is 1. The Hall–Kier alpha value is -2.30. The lowest BCUT2D eigenvalue weighted by Gasteiger charge is -2.15. The van der Waals surface area contributed by atoms with Crippen molar-refractivity contribution in [3.63, 3.8) is 0 Å². The monoisotopic (exact) mass is 300 g/mol. The molecule has 2 aromatic rings. The minimum Gasteiger partial charge on any atom is -0.399 e. The van der Waals surface area contributed by atoms with Gasteiger partial charge in [-0.3, -0.25) is 9.48 Å². The van der Waals surface area contributed by atoms with E-state index >= 15 is 0 Å². The summed E-state index contributed by atoms with van der Waals surface area (Å²) in [5, 5.41) is 7.37. The summed E-state index contributed by atoms with van der Waals surface area (Å²) in [6.07, 6.45) is 0.855. The second kappa shape index (κ2) is 5.83. The molecule has 5 nitrogen and oxygen atoms in total. The van der Waals surface area contributed by atoms with Gasteiger partial charge in [0.25, 0.3) is 5.91 Å². The molecular formula is C17H24N4O. The predicted molar refractivity (Wildman–Crippen MR) is 89.9 cm³/mol. The largest absolute Gasteiger partial charge is 0.399 e. The van der Waals surface area contributed by atoms with Gasteiger partial charge >= 0.3 is 0 Å². The van der Waals surface area contributed by atoms with Gasteiger partial charge in [-0.25, -0.2) is 0 Å². The topological polar surface area (TPSA) is 72.9 Å². The molecule has 0 radical (unpaired) electrons. The van der Waals surface area contributed by atoms with Crippen LogP contribution in [0.4, 0.5) is 11.5 Å². The molecular weight excluding hydrogens is 276 g/mol. The van der Waals surface area contributed by atoms with Gasteiger partial charge in [0, 0.05) is 24.4 Å². The van der Waals surface area contributed by atoms with Crippen LogP contribution in [0.25, 0.3) is 0 Å². The number of aromatic nitrogens is 2. The lowest BCUT2D eigenvalue weighted by Crippen LogP contribution is -2.16. The molecule has 0 saturated carbocycles. The lowest BCUT2D eigenvalue weighted by molar-refractivity contribution is 0.102. The summed E-state index contributed by atoms with van der Waals surface area (Å²) < 4.78 is 1.70. The van der Waals surface area contributed by atoms with Gasteiger partial charge in [0.1, 0.15) is 5.82 Å². The van der Waals surface area contributed by atoms with Crippen molar-refractivity contribution in [1.29, 1.82) is 0 Å². The maximum Gasteiger partial charge on any atom is 0.257 e. The number of carbonyl (C=O) groups is 1. The minimum atomic E-state index is -0.171. The van der Waals surface area contributed by atoms with Crippen LogP contribution < -0.4 is 11.1 Å². The molecule has 0 spiro atoms. The quantitative estimate of drug-likeness (QED) is 0.855. The molecule has 0 fully saturated rings. The van der Waals surface area contributed by atoms with E-state index in [2.05, 4.69) is 31.2 Å². The summed E-state index contributed by atoms with van der Waals surface area (Å²) in [4.78, 5) is 12.4. The second-order valence-electron chi connectivity index (χ2n) is 6.91. The molecule has 0 aliphatic rings. The molecule has 5 heteroatoms. The molecule has 0 aliphatic heterocycles. The van der Waals surface area contributed by atoms with E-state index in [0.717, 1.165) is 17.7 Å². The van der Waals surface area contributed by atoms with Crippen LogP contribution in [0.15, 0.2) is 24.3 Å². The van der Waals surface area contributed by atoms with Crippen LogP contribution in [0.2, 0.25) is 0 Å². The number of benzene rings is 1. The first-order valence-electron chi connectivity index (χ1n) is 7.36. The smallest absolute Gasteiger partial charge is 0.257 e. The summed E-state index contributed by atoms with van der Waals surface area (Å²) in [6, 6.07) is 7.25. The third-order valence-corrected chi connectivity index (χ3v) is 3.39. The van der Waals surface area contributed by atoms with Crippen molar-refractivity contribution in [2.75, 3.05) is 11.1 Å². The van der Waals surface area contributed by atoms with Gasteiger partial charge in [0.05, 0.1) is 5.69 Å². The molecule has 3 N–H and O–H groups in total. The molecule has 22 heavy (non-hydrogen) atoms. The van der Waals surface area contributed by atoms with E-state index in [1.54, 1.807) is 16.8 Å². The Morgan fingerprint density at radius 1 is 1.32 bits per heavy atom. The van der Waals surface area contributed by atoms with Crippen molar-refractivity contribution < 1.29 is 4.79 Å². The first kappa shape index (κ1) is 16.1. The minimum absolute atomic E-state index is 0.153. The van der Waals surface area contributed by atoms with Crippen LogP contribution in [-0.4, -0.2) is 15.7 Å². The van der Waals surface area contributed by atoms with Crippen molar-refractivity contribution in [3.8, 4) is 0 Å². The zero-order valence-corrected chi connectivity index (χ0v) is 13.9. The van der Waals surface area contributed by atoms with E-state index in [0.29, 0.717) is 17.1 Å². The number of anilines is 2. The van der Waals surface area contributed by atoms with Crippen molar-refractivity contribution in [3.05, 3.63) is 41.1 Å². The van der Waals surface area contributed by atoms with Gasteiger partial charge in [-0.2, -0.15) is 5.10 Å². The molecule has 0 atom stereocenters. The molecule has 1 amide bonds. The van der Waals surface area contributed by atoms with Crippen LogP contribution in [-0.2, 0) is 13.5 Å². The van der Waals surface area contributed by atoms with Crippen molar-refractivity contribution >= 4 is 17.4 Å². The van der Waals surface area contributed by atoms with Gasteiger partial charge in [-0.1, -0.05) is 26.8 Å². The van der Waals surface area contributed by atoms with E-state index < -0.39 is 0 Å². The first-order chi connectivity index (χ1) is 10.2. The third-order valence-electron chi connectivity index (χ3n) is 3.39. The van der Waals surface area contributed by atoms with Gasteiger partial charge in [0.2, 0.25) is 0 Å². The SMILES string of the molecule is Cc1ccc(N)cc1C(=O)Nc1cc(CC(C)(C)C)nn1C. The van der Waals surface area contributed by atoms with Crippen molar-refractivity contribution in [2.24, 2.45) is 12.5 Å². The molecule has 1 aromatic heterocycles. The summed E-state index contributed by atoms with van der Waals surface area (Å²) in [5.41, 5.74) is 8.94. The van der Waals surface area contributed by atoms with Crippen LogP contribution in [0.1, 0.15) is 42.4 Å². The molecule has 1 aromatic carbocycles. The number of nitrogens with zero attached hydrogens (tertiary/aromatic N) is 2. The predicted octanol–water partition coefficient (Wildman–Crippen LogP) is 3.15.